The Morgan fingerprint density at radius 2 is 2.36 bits per heavy atom. The average Bonchev–Trinajstić information content (AvgIpc) is 3.46. The minimum absolute atomic E-state index is 0.0490. The number of anilines is 1. The number of H-pyrrole nitrogens is 1. The van der Waals surface area contributed by atoms with Crippen LogP contribution in [0.1, 0.15) is 34.6 Å². The van der Waals surface area contributed by atoms with Crippen molar-refractivity contribution in [3.63, 3.8) is 0 Å². The molecule has 0 unspecified atom stereocenters. The van der Waals surface area contributed by atoms with Crippen molar-refractivity contribution in [2.24, 2.45) is 0 Å². The zero-order chi connectivity index (χ0) is 19.5. The van der Waals surface area contributed by atoms with Crippen LogP contribution in [0.25, 0.3) is 5.95 Å². The number of thioether (sulfide) groups is 1. The topological polar surface area (TPSA) is 111 Å². The molecule has 1 aliphatic rings. The van der Waals surface area contributed by atoms with Gasteiger partial charge in [-0.3, -0.25) is 9.36 Å². The van der Waals surface area contributed by atoms with E-state index in [1.54, 1.807) is 0 Å². The van der Waals surface area contributed by atoms with Crippen molar-refractivity contribution < 1.29 is 9.53 Å². The Labute approximate surface area is 170 Å². The lowest BCUT2D eigenvalue weighted by Gasteiger charge is -2.08. The SMILES string of the molecule is Cc1cc(C(=O)CSc2nnc(NC[C@@H]3CCCO3)s2)c(C)n1-c1ncn[nH]1. The van der Waals surface area contributed by atoms with Gasteiger partial charge in [0.1, 0.15) is 6.33 Å². The highest BCUT2D eigenvalue weighted by Gasteiger charge is 2.19. The number of hydrogen-bond acceptors (Lipinski definition) is 9. The molecule has 0 aliphatic carbocycles. The number of aromatic amines is 1. The van der Waals surface area contributed by atoms with Crippen LogP contribution in [0.15, 0.2) is 16.7 Å². The number of nitrogens with zero attached hydrogens (tertiary/aromatic N) is 5. The van der Waals surface area contributed by atoms with Crippen LogP contribution >= 0.6 is 23.1 Å². The van der Waals surface area contributed by atoms with E-state index < -0.39 is 0 Å². The molecule has 11 heteroatoms. The minimum atomic E-state index is 0.0490. The van der Waals surface area contributed by atoms with Gasteiger partial charge in [-0.05, 0) is 32.8 Å². The lowest BCUT2D eigenvalue weighted by atomic mass is 10.2. The van der Waals surface area contributed by atoms with Crippen LogP contribution in [0, 0.1) is 13.8 Å². The third-order valence-corrected chi connectivity index (χ3v) is 6.60. The molecule has 3 aromatic heterocycles. The van der Waals surface area contributed by atoms with Gasteiger partial charge in [0.25, 0.3) is 0 Å². The molecule has 0 aromatic carbocycles. The van der Waals surface area contributed by atoms with Crippen LogP contribution in [0.5, 0.6) is 0 Å². The molecule has 0 radical (unpaired) electrons. The molecule has 2 N–H and O–H groups in total. The average molecular weight is 420 g/mol. The summed E-state index contributed by atoms with van der Waals surface area (Å²) in [6.07, 6.45) is 3.89. The molecular weight excluding hydrogens is 398 g/mol. The molecule has 1 atom stereocenters. The number of nitrogens with one attached hydrogen (secondary N) is 2. The minimum Gasteiger partial charge on any atom is -0.376 e. The summed E-state index contributed by atoms with van der Waals surface area (Å²) < 4.78 is 8.25. The van der Waals surface area contributed by atoms with E-state index in [9.17, 15) is 4.79 Å². The van der Waals surface area contributed by atoms with Gasteiger partial charge in [-0.15, -0.1) is 10.2 Å². The molecule has 0 amide bonds. The van der Waals surface area contributed by atoms with Crippen molar-refractivity contribution in [3.05, 3.63) is 29.3 Å². The summed E-state index contributed by atoms with van der Waals surface area (Å²) in [4.78, 5) is 16.9. The molecule has 0 bridgehead atoms. The second-order valence-corrected chi connectivity index (χ2v) is 8.73. The number of ketones is 1. The second kappa shape index (κ2) is 8.41. The first-order chi connectivity index (χ1) is 13.6. The first-order valence-electron chi connectivity index (χ1n) is 9.01. The van der Waals surface area contributed by atoms with Gasteiger partial charge in [-0.1, -0.05) is 23.1 Å². The molecule has 4 heterocycles. The zero-order valence-corrected chi connectivity index (χ0v) is 17.3. The van der Waals surface area contributed by atoms with Gasteiger partial charge < -0.3 is 10.1 Å². The van der Waals surface area contributed by atoms with Gasteiger partial charge in [0.05, 0.1) is 11.9 Å². The first kappa shape index (κ1) is 19.1. The summed E-state index contributed by atoms with van der Waals surface area (Å²) >= 11 is 2.86. The fourth-order valence-electron chi connectivity index (χ4n) is 3.23. The lowest BCUT2D eigenvalue weighted by molar-refractivity contribution is 0.102. The highest BCUT2D eigenvalue weighted by molar-refractivity contribution is 8.01. The Hall–Kier alpha value is -2.24. The van der Waals surface area contributed by atoms with Gasteiger partial charge >= 0.3 is 0 Å². The van der Waals surface area contributed by atoms with Gasteiger partial charge in [0.2, 0.25) is 11.1 Å². The normalized spacial score (nSPS) is 16.6. The third kappa shape index (κ3) is 4.10. The number of ether oxygens (including phenoxy) is 1. The first-order valence-corrected chi connectivity index (χ1v) is 10.8. The second-order valence-electron chi connectivity index (χ2n) is 6.53. The zero-order valence-electron chi connectivity index (χ0n) is 15.6. The summed E-state index contributed by atoms with van der Waals surface area (Å²) in [7, 11) is 0. The lowest BCUT2D eigenvalue weighted by Crippen LogP contribution is -2.18. The smallest absolute Gasteiger partial charge is 0.229 e. The number of hydrogen-bond donors (Lipinski definition) is 2. The van der Waals surface area contributed by atoms with Crippen molar-refractivity contribution in [2.45, 2.75) is 37.1 Å². The van der Waals surface area contributed by atoms with E-state index in [4.69, 9.17) is 4.74 Å². The molecule has 0 saturated carbocycles. The molecule has 4 rings (SSSR count). The third-order valence-electron chi connectivity index (χ3n) is 4.58. The maximum Gasteiger partial charge on any atom is 0.229 e. The summed E-state index contributed by atoms with van der Waals surface area (Å²) in [5.74, 6) is 0.960. The number of Topliss-reactive ketones (excluding diaryl/α,β-unsaturated/α-hetero) is 1. The van der Waals surface area contributed by atoms with E-state index in [1.165, 1.54) is 29.4 Å². The Morgan fingerprint density at radius 1 is 1.46 bits per heavy atom. The van der Waals surface area contributed by atoms with Gasteiger partial charge in [-0.25, -0.2) is 5.10 Å². The quantitative estimate of drug-likeness (QED) is 0.423. The van der Waals surface area contributed by atoms with Crippen LogP contribution in [0.4, 0.5) is 5.13 Å². The summed E-state index contributed by atoms with van der Waals surface area (Å²) in [5.41, 5.74) is 2.46. The predicted octanol–water partition coefficient (Wildman–Crippen LogP) is 2.63. The predicted molar refractivity (Wildman–Crippen MR) is 108 cm³/mol. The molecule has 9 nitrogen and oxygen atoms in total. The Kier molecular flexibility index (Phi) is 5.74. The largest absolute Gasteiger partial charge is 0.376 e. The Balaban J connectivity index is 1.35. The van der Waals surface area contributed by atoms with Crippen LogP contribution in [-0.4, -0.2) is 60.7 Å². The summed E-state index contributed by atoms with van der Waals surface area (Å²) in [6, 6.07) is 1.88. The molecule has 0 spiro atoms. The van der Waals surface area contributed by atoms with Crippen molar-refractivity contribution in [1.82, 2.24) is 29.9 Å². The number of carbonyl (C=O) groups excluding carboxylic acids is 1. The monoisotopic (exact) mass is 419 g/mol. The van der Waals surface area contributed by atoms with Crippen molar-refractivity contribution in [2.75, 3.05) is 24.2 Å². The van der Waals surface area contributed by atoms with Crippen molar-refractivity contribution in [3.8, 4) is 5.95 Å². The highest BCUT2D eigenvalue weighted by atomic mass is 32.2. The van der Waals surface area contributed by atoms with Gasteiger partial charge in [0, 0.05) is 30.1 Å². The Morgan fingerprint density at radius 3 is 3.11 bits per heavy atom. The summed E-state index contributed by atoms with van der Waals surface area (Å²) in [5, 5.41) is 19.0. The van der Waals surface area contributed by atoms with Crippen molar-refractivity contribution >= 4 is 34.0 Å². The molecule has 1 fully saturated rings. The van der Waals surface area contributed by atoms with E-state index in [1.807, 2.05) is 24.5 Å². The molecule has 148 valence electrons. The fraction of sp³-hybridized carbons (Fsp3) is 0.471. The maximum atomic E-state index is 12.7. The number of aromatic nitrogens is 6. The Bertz CT molecular complexity index is 945. The maximum absolute atomic E-state index is 12.7. The van der Waals surface area contributed by atoms with E-state index in [-0.39, 0.29) is 11.9 Å². The van der Waals surface area contributed by atoms with E-state index in [0.717, 1.165) is 46.9 Å². The molecular formula is C17H21N7O2S2. The fourth-order valence-corrected chi connectivity index (χ4v) is 4.87. The number of rotatable bonds is 8. The molecule has 3 aromatic rings. The van der Waals surface area contributed by atoms with Crippen LogP contribution in [0.3, 0.4) is 0 Å². The molecule has 1 saturated heterocycles. The van der Waals surface area contributed by atoms with E-state index in [0.29, 0.717) is 17.3 Å². The summed E-state index contributed by atoms with van der Waals surface area (Å²) in [6.45, 7) is 5.43. The van der Waals surface area contributed by atoms with E-state index >= 15 is 0 Å². The van der Waals surface area contributed by atoms with Crippen LogP contribution < -0.4 is 5.32 Å². The van der Waals surface area contributed by atoms with Gasteiger partial charge in [0.15, 0.2) is 10.1 Å². The number of carbonyl (C=O) groups is 1. The van der Waals surface area contributed by atoms with Gasteiger partial charge in [-0.2, -0.15) is 10.1 Å². The number of aryl methyl sites for hydroxylation is 1. The van der Waals surface area contributed by atoms with Crippen LogP contribution in [0.2, 0.25) is 0 Å². The van der Waals surface area contributed by atoms with Crippen molar-refractivity contribution in [1.29, 1.82) is 0 Å². The highest BCUT2D eigenvalue weighted by Crippen LogP contribution is 2.27. The van der Waals surface area contributed by atoms with Crippen LogP contribution in [-0.2, 0) is 4.74 Å². The standard InChI is InChI=1S/C17H21N7O2S2/c1-10-6-13(11(2)24(10)15-19-9-20-21-15)14(25)8-27-17-23-22-16(28-17)18-7-12-4-3-5-26-12/h6,9,12H,3-5,7-8H2,1-2H3,(H,18,22)(H,19,20,21)/t12-/m0/s1. The van der Waals surface area contributed by atoms with E-state index in [2.05, 4.69) is 30.7 Å². The molecule has 1 aliphatic heterocycles. The molecule has 28 heavy (non-hydrogen) atoms.